The summed E-state index contributed by atoms with van der Waals surface area (Å²) in [5.74, 6) is 4.59. The number of aryl methyl sites for hydroxylation is 1. The van der Waals surface area contributed by atoms with Gasteiger partial charge in [-0.2, -0.15) is 0 Å². The lowest BCUT2D eigenvalue weighted by Crippen LogP contribution is -2.12. The maximum atomic E-state index is 13.3. The van der Waals surface area contributed by atoms with E-state index in [-0.39, 0.29) is 12.5 Å². The van der Waals surface area contributed by atoms with Crippen LogP contribution in [0.5, 0.6) is 0 Å². The third-order valence-electron chi connectivity index (χ3n) is 2.66. The minimum absolute atomic E-state index is 0.153. The molecule has 6 heteroatoms. The molecule has 3 nitrogen and oxygen atoms in total. The lowest BCUT2D eigenvalue weighted by molar-refractivity contribution is 0.103. The van der Waals surface area contributed by atoms with Crippen molar-refractivity contribution in [3.05, 3.63) is 50.4 Å². The fourth-order valence-corrected chi connectivity index (χ4v) is 2.81. The molecule has 3 N–H and O–H groups in total. The van der Waals surface area contributed by atoms with Crippen LogP contribution in [0.1, 0.15) is 20.8 Å². The Morgan fingerprint density at radius 2 is 2.29 bits per heavy atom. The zero-order valence-corrected chi connectivity index (χ0v) is 12.7. The average Bonchev–Trinajstić information content (AvgIpc) is 2.79. The SMILES string of the molecule is Cc1csc(C(=O)Nc2ccc(F)cc2C#CCN)c1Cl. The van der Waals surface area contributed by atoms with E-state index in [2.05, 4.69) is 17.2 Å². The van der Waals surface area contributed by atoms with Crippen LogP contribution >= 0.6 is 22.9 Å². The second-order valence-corrected chi connectivity index (χ2v) is 5.47. The molecule has 108 valence electrons. The number of hydrogen-bond acceptors (Lipinski definition) is 3. The minimum Gasteiger partial charge on any atom is -0.320 e. The molecule has 1 amide bonds. The summed E-state index contributed by atoms with van der Waals surface area (Å²) in [6, 6.07) is 3.96. The quantitative estimate of drug-likeness (QED) is 0.832. The molecular weight excluding hydrogens is 311 g/mol. The molecule has 21 heavy (non-hydrogen) atoms. The van der Waals surface area contributed by atoms with Gasteiger partial charge >= 0.3 is 0 Å². The van der Waals surface area contributed by atoms with Gasteiger partial charge in [0.1, 0.15) is 10.7 Å². The number of halogens is 2. The van der Waals surface area contributed by atoms with Crippen LogP contribution in [0.15, 0.2) is 23.6 Å². The van der Waals surface area contributed by atoms with Crippen molar-refractivity contribution in [1.29, 1.82) is 0 Å². The Kier molecular flexibility index (Phi) is 4.97. The Hall–Kier alpha value is -1.87. The van der Waals surface area contributed by atoms with Crippen LogP contribution in [0.2, 0.25) is 5.02 Å². The summed E-state index contributed by atoms with van der Waals surface area (Å²) < 4.78 is 13.3. The highest BCUT2D eigenvalue weighted by atomic mass is 35.5. The first-order chi connectivity index (χ1) is 10.0. The van der Waals surface area contributed by atoms with Crippen LogP contribution in [-0.2, 0) is 0 Å². The number of benzene rings is 1. The van der Waals surface area contributed by atoms with Gasteiger partial charge in [-0.1, -0.05) is 23.4 Å². The molecule has 1 aromatic heterocycles. The van der Waals surface area contributed by atoms with Crippen LogP contribution in [0, 0.1) is 24.6 Å². The van der Waals surface area contributed by atoms with E-state index in [0.29, 0.717) is 21.2 Å². The van der Waals surface area contributed by atoms with E-state index in [0.717, 1.165) is 5.56 Å². The van der Waals surface area contributed by atoms with Crippen molar-refractivity contribution >= 4 is 34.5 Å². The second-order valence-electron chi connectivity index (χ2n) is 4.21. The summed E-state index contributed by atoms with van der Waals surface area (Å²) in [6.45, 7) is 1.98. The zero-order chi connectivity index (χ0) is 15.4. The second kappa shape index (κ2) is 6.72. The Bertz CT molecular complexity index is 746. The van der Waals surface area contributed by atoms with Gasteiger partial charge < -0.3 is 11.1 Å². The predicted molar refractivity (Wildman–Crippen MR) is 84.4 cm³/mol. The van der Waals surface area contributed by atoms with E-state index in [1.165, 1.54) is 29.5 Å². The van der Waals surface area contributed by atoms with Gasteiger partial charge in [-0.3, -0.25) is 4.79 Å². The smallest absolute Gasteiger partial charge is 0.267 e. The van der Waals surface area contributed by atoms with E-state index in [9.17, 15) is 9.18 Å². The molecule has 0 aliphatic carbocycles. The highest BCUT2D eigenvalue weighted by Crippen LogP contribution is 2.28. The normalized spacial score (nSPS) is 9.90. The van der Waals surface area contributed by atoms with Gasteiger partial charge in [-0.15, -0.1) is 11.3 Å². The molecule has 2 rings (SSSR count). The summed E-state index contributed by atoms with van der Waals surface area (Å²) >= 11 is 7.32. The first kappa shape index (κ1) is 15.5. The number of nitrogens with one attached hydrogen (secondary N) is 1. The van der Waals surface area contributed by atoms with Crippen molar-refractivity contribution in [2.75, 3.05) is 11.9 Å². The lowest BCUT2D eigenvalue weighted by atomic mass is 10.1. The molecule has 0 aliphatic rings. The molecule has 0 spiro atoms. The van der Waals surface area contributed by atoms with Crippen LogP contribution < -0.4 is 11.1 Å². The van der Waals surface area contributed by atoms with Gasteiger partial charge in [0.25, 0.3) is 5.91 Å². The third kappa shape index (κ3) is 3.61. The Morgan fingerprint density at radius 3 is 2.90 bits per heavy atom. The number of carbonyl (C=O) groups is 1. The molecule has 0 fully saturated rings. The summed E-state index contributed by atoms with van der Waals surface area (Å²) in [6.07, 6.45) is 0. The van der Waals surface area contributed by atoms with Crippen molar-refractivity contribution < 1.29 is 9.18 Å². The molecule has 0 saturated carbocycles. The number of carbonyl (C=O) groups excluding carboxylic acids is 1. The number of thiophene rings is 1. The molecular formula is C15H12ClFN2OS. The Labute approximate surface area is 130 Å². The minimum atomic E-state index is -0.431. The molecule has 0 unspecified atom stereocenters. The Balaban J connectivity index is 2.31. The fourth-order valence-electron chi connectivity index (χ4n) is 1.64. The van der Waals surface area contributed by atoms with E-state index in [4.69, 9.17) is 17.3 Å². The molecule has 0 bridgehead atoms. The largest absolute Gasteiger partial charge is 0.320 e. The van der Waals surface area contributed by atoms with Crippen LogP contribution in [0.4, 0.5) is 10.1 Å². The van der Waals surface area contributed by atoms with E-state index >= 15 is 0 Å². The molecule has 0 atom stereocenters. The monoisotopic (exact) mass is 322 g/mol. The number of hydrogen-bond donors (Lipinski definition) is 2. The highest BCUT2D eigenvalue weighted by molar-refractivity contribution is 7.13. The van der Waals surface area contributed by atoms with Crippen molar-refractivity contribution in [3.8, 4) is 11.8 Å². The fraction of sp³-hybridized carbons (Fsp3) is 0.133. The average molecular weight is 323 g/mol. The number of rotatable bonds is 2. The summed E-state index contributed by atoms with van der Waals surface area (Å²) in [5, 5.41) is 4.92. The predicted octanol–water partition coefficient (Wildman–Crippen LogP) is 3.41. The highest BCUT2D eigenvalue weighted by Gasteiger charge is 2.16. The number of amides is 1. The van der Waals surface area contributed by atoms with Crippen LogP contribution in [0.3, 0.4) is 0 Å². The van der Waals surface area contributed by atoms with Gasteiger partial charge in [0, 0.05) is 0 Å². The zero-order valence-electron chi connectivity index (χ0n) is 11.2. The van der Waals surface area contributed by atoms with E-state index in [1.807, 2.05) is 6.92 Å². The number of nitrogens with two attached hydrogens (primary N) is 1. The lowest BCUT2D eigenvalue weighted by Gasteiger charge is -2.07. The van der Waals surface area contributed by atoms with Crippen molar-refractivity contribution in [2.24, 2.45) is 5.73 Å². The van der Waals surface area contributed by atoms with Gasteiger partial charge in [0.15, 0.2) is 0 Å². The Morgan fingerprint density at radius 1 is 1.52 bits per heavy atom. The van der Waals surface area contributed by atoms with E-state index < -0.39 is 5.82 Å². The molecule has 2 aromatic rings. The van der Waals surface area contributed by atoms with E-state index in [1.54, 1.807) is 5.38 Å². The summed E-state index contributed by atoms with van der Waals surface area (Å²) in [7, 11) is 0. The molecule has 0 aliphatic heterocycles. The maximum Gasteiger partial charge on any atom is 0.267 e. The van der Waals surface area contributed by atoms with Crippen molar-refractivity contribution in [3.63, 3.8) is 0 Å². The maximum absolute atomic E-state index is 13.3. The standard InChI is InChI=1S/C15H12ClFN2OS/c1-9-8-21-14(13(9)16)15(20)19-12-5-4-11(17)7-10(12)3-2-6-18/h4-5,7-8H,6,18H2,1H3,(H,19,20). The van der Waals surface area contributed by atoms with Crippen LogP contribution in [0.25, 0.3) is 0 Å². The topological polar surface area (TPSA) is 55.1 Å². The van der Waals surface area contributed by atoms with Gasteiger partial charge in [-0.25, -0.2) is 4.39 Å². The molecule has 0 saturated heterocycles. The van der Waals surface area contributed by atoms with Gasteiger partial charge in [0.2, 0.25) is 0 Å². The first-order valence-electron chi connectivity index (χ1n) is 6.06. The van der Waals surface area contributed by atoms with Crippen molar-refractivity contribution in [1.82, 2.24) is 0 Å². The third-order valence-corrected chi connectivity index (χ3v) is 4.36. The van der Waals surface area contributed by atoms with Gasteiger partial charge in [-0.05, 0) is 36.1 Å². The van der Waals surface area contributed by atoms with Crippen LogP contribution in [-0.4, -0.2) is 12.5 Å². The summed E-state index contributed by atoms with van der Waals surface area (Å²) in [5.41, 5.74) is 6.94. The first-order valence-corrected chi connectivity index (χ1v) is 7.32. The molecule has 1 heterocycles. The summed E-state index contributed by atoms with van der Waals surface area (Å²) in [4.78, 5) is 12.6. The van der Waals surface area contributed by atoms with Gasteiger partial charge in [0.05, 0.1) is 22.8 Å². The number of anilines is 1. The molecule has 1 aromatic carbocycles. The van der Waals surface area contributed by atoms with Crippen molar-refractivity contribution in [2.45, 2.75) is 6.92 Å². The molecule has 0 radical (unpaired) electrons.